The number of ketones is 1. The Morgan fingerprint density at radius 1 is 1.07 bits per heavy atom. The molecule has 3 aromatic rings. The van der Waals surface area contributed by atoms with Crippen molar-refractivity contribution in [2.45, 2.75) is 13.5 Å². The summed E-state index contributed by atoms with van der Waals surface area (Å²) >= 11 is 0. The van der Waals surface area contributed by atoms with Crippen molar-refractivity contribution in [2.24, 2.45) is 7.05 Å². The van der Waals surface area contributed by atoms with Crippen LogP contribution in [0, 0.1) is 0 Å². The molecule has 0 spiro atoms. The minimum atomic E-state index is -0.251. The lowest BCUT2D eigenvalue weighted by molar-refractivity contribution is 0.0942. The van der Waals surface area contributed by atoms with Gasteiger partial charge in [-0.2, -0.15) is 0 Å². The molecule has 7 heteroatoms. The first-order chi connectivity index (χ1) is 14.0. The van der Waals surface area contributed by atoms with Crippen LogP contribution in [0.25, 0.3) is 0 Å². The fraction of sp³-hybridized carbons (Fsp3) is 0.227. The number of aryl methyl sites for hydroxylation is 1. The van der Waals surface area contributed by atoms with Crippen molar-refractivity contribution in [1.29, 1.82) is 0 Å². The van der Waals surface area contributed by atoms with E-state index in [0.29, 0.717) is 36.9 Å². The summed E-state index contributed by atoms with van der Waals surface area (Å²) in [6, 6.07) is 14.7. The van der Waals surface area contributed by atoms with E-state index in [4.69, 9.17) is 9.47 Å². The minimum absolute atomic E-state index is 0.0754. The Bertz CT molecular complexity index is 965. The zero-order chi connectivity index (χ0) is 20.6. The van der Waals surface area contributed by atoms with Gasteiger partial charge in [-0.15, -0.1) is 0 Å². The highest BCUT2D eigenvalue weighted by atomic mass is 16.5. The van der Waals surface area contributed by atoms with E-state index < -0.39 is 0 Å². The summed E-state index contributed by atoms with van der Waals surface area (Å²) in [5, 5.41) is 2.83. The van der Waals surface area contributed by atoms with Crippen LogP contribution in [-0.2, 0) is 13.6 Å². The van der Waals surface area contributed by atoms with E-state index >= 15 is 0 Å². The Kier molecular flexibility index (Phi) is 6.63. The van der Waals surface area contributed by atoms with Gasteiger partial charge in [-0.05, 0) is 30.7 Å². The van der Waals surface area contributed by atoms with E-state index in [1.165, 1.54) is 6.92 Å². The first-order valence-corrected chi connectivity index (χ1v) is 9.24. The summed E-state index contributed by atoms with van der Waals surface area (Å²) in [6.45, 7) is 2.59. The summed E-state index contributed by atoms with van der Waals surface area (Å²) in [5.74, 6) is 0.959. The Labute approximate surface area is 169 Å². The van der Waals surface area contributed by atoms with Gasteiger partial charge < -0.3 is 19.4 Å². The molecular formula is C22H23N3O4. The first-order valence-electron chi connectivity index (χ1n) is 9.24. The van der Waals surface area contributed by atoms with Gasteiger partial charge in [0.2, 0.25) is 5.88 Å². The van der Waals surface area contributed by atoms with Gasteiger partial charge in [0.1, 0.15) is 24.7 Å². The maximum absolute atomic E-state index is 12.3. The number of rotatable bonds is 9. The summed E-state index contributed by atoms with van der Waals surface area (Å²) in [7, 11) is 1.73. The lowest BCUT2D eigenvalue weighted by atomic mass is 10.2. The zero-order valence-electron chi connectivity index (χ0n) is 16.4. The standard InChI is InChI=1S/C22H23N3O4/c1-16(26)18-12-20(25(2)15-18)22(27)24-14-17-8-9-21(23-13-17)29-11-10-28-19-6-4-3-5-7-19/h3-9,12-13,15H,10-11,14H2,1-2H3,(H,24,27). The number of hydrogen-bond donors (Lipinski definition) is 1. The van der Waals surface area contributed by atoms with Crippen LogP contribution in [0.1, 0.15) is 33.3 Å². The molecule has 0 fully saturated rings. The molecule has 0 unspecified atom stereocenters. The van der Waals surface area contributed by atoms with E-state index in [1.54, 1.807) is 36.1 Å². The number of Topliss-reactive ketones (excluding diaryl/α,β-unsaturated/α-hetero) is 1. The van der Waals surface area contributed by atoms with Crippen molar-refractivity contribution in [3.05, 3.63) is 77.7 Å². The number of amides is 1. The maximum atomic E-state index is 12.3. The van der Waals surface area contributed by atoms with E-state index in [0.717, 1.165) is 11.3 Å². The number of nitrogens with zero attached hydrogens (tertiary/aromatic N) is 2. The normalized spacial score (nSPS) is 10.4. The molecule has 150 valence electrons. The fourth-order valence-electron chi connectivity index (χ4n) is 2.68. The SMILES string of the molecule is CC(=O)c1cc(C(=O)NCc2ccc(OCCOc3ccccc3)nc2)n(C)c1. The molecule has 0 atom stereocenters. The molecule has 1 amide bonds. The van der Waals surface area contributed by atoms with Crippen LogP contribution in [0.2, 0.25) is 0 Å². The number of pyridine rings is 1. The Hall–Kier alpha value is -3.61. The van der Waals surface area contributed by atoms with Crippen molar-refractivity contribution in [1.82, 2.24) is 14.9 Å². The number of carbonyl (C=O) groups excluding carboxylic acids is 2. The zero-order valence-corrected chi connectivity index (χ0v) is 16.4. The van der Waals surface area contributed by atoms with Crippen LogP contribution in [0.15, 0.2) is 60.9 Å². The van der Waals surface area contributed by atoms with Crippen molar-refractivity contribution in [3.63, 3.8) is 0 Å². The predicted octanol–water partition coefficient (Wildman–Crippen LogP) is 3.01. The molecule has 0 aliphatic carbocycles. The summed E-state index contributed by atoms with van der Waals surface area (Å²) in [5.41, 5.74) is 1.78. The van der Waals surface area contributed by atoms with Crippen LogP contribution in [0.3, 0.4) is 0 Å². The molecule has 29 heavy (non-hydrogen) atoms. The number of benzene rings is 1. The second-order valence-electron chi connectivity index (χ2n) is 6.48. The Balaban J connectivity index is 1.44. The van der Waals surface area contributed by atoms with Gasteiger partial charge in [0.05, 0.1) is 0 Å². The highest BCUT2D eigenvalue weighted by Crippen LogP contribution is 2.11. The topological polar surface area (TPSA) is 82.5 Å². The lowest BCUT2D eigenvalue weighted by Gasteiger charge is -2.09. The molecule has 1 N–H and O–H groups in total. The van der Waals surface area contributed by atoms with Gasteiger partial charge in [-0.3, -0.25) is 9.59 Å². The number of hydrogen-bond acceptors (Lipinski definition) is 5. The van der Waals surface area contributed by atoms with Gasteiger partial charge >= 0.3 is 0 Å². The summed E-state index contributed by atoms with van der Waals surface area (Å²) in [6.07, 6.45) is 3.30. The highest BCUT2D eigenvalue weighted by molar-refractivity contribution is 5.99. The number of nitrogens with one attached hydrogen (secondary N) is 1. The van der Waals surface area contributed by atoms with E-state index in [-0.39, 0.29) is 11.7 Å². The summed E-state index contributed by atoms with van der Waals surface area (Å²) < 4.78 is 12.8. The Morgan fingerprint density at radius 2 is 1.83 bits per heavy atom. The number of carbonyl (C=O) groups is 2. The quantitative estimate of drug-likeness (QED) is 0.446. The molecule has 2 aromatic heterocycles. The third-order valence-electron chi connectivity index (χ3n) is 4.24. The van der Waals surface area contributed by atoms with Crippen molar-refractivity contribution in [3.8, 4) is 11.6 Å². The van der Waals surface area contributed by atoms with Crippen molar-refractivity contribution < 1.29 is 19.1 Å². The molecule has 0 radical (unpaired) electrons. The average Bonchev–Trinajstić information content (AvgIpc) is 3.13. The van der Waals surface area contributed by atoms with Crippen LogP contribution >= 0.6 is 0 Å². The first kappa shape index (κ1) is 20.1. The third kappa shape index (κ3) is 5.68. The van der Waals surface area contributed by atoms with Crippen LogP contribution in [0.5, 0.6) is 11.6 Å². The molecule has 7 nitrogen and oxygen atoms in total. The molecule has 0 aliphatic heterocycles. The number of ether oxygens (including phenoxy) is 2. The highest BCUT2D eigenvalue weighted by Gasteiger charge is 2.13. The van der Waals surface area contributed by atoms with Crippen molar-refractivity contribution >= 4 is 11.7 Å². The largest absolute Gasteiger partial charge is 0.490 e. The molecule has 0 aliphatic rings. The average molecular weight is 393 g/mol. The second-order valence-corrected chi connectivity index (χ2v) is 6.48. The number of para-hydroxylation sites is 1. The molecule has 3 rings (SSSR count). The monoisotopic (exact) mass is 393 g/mol. The van der Waals surface area contributed by atoms with Crippen molar-refractivity contribution in [2.75, 3.05) is 13.2 Å². The van der Waals surface area contributed by atoms with Gasteiger partial charge in [0, 0.05) is 37.6 Å². The summed E-state index contributed by atoms with van der Waals surface area (Å²) in [4.78, 5) is 28.0. The van der Waals surface area contributed by atoms with Gasteiger partial charge in [0.25, 0.3) is 5.91 Å². The molecule has 0 saturated carbocycles. The third-order valence-corrected chi connectivity index (χ3v) is 4.24. The second kappa shape index (κ2) is 9.54. The van der Waals surface area contributed by atoms with E-state index in [9.17, 15) is 9.59 Å². The molecule has 1 aromatic carbocycles. The molecule has 0 bridgehead atoms. The van der Waals surface area contributed by atoms with Gasteiger partial charge in [-0.25, -0.2) is 4.98 Å². The van der Waals surface area contributed by atoms with Crippen LogP contribution in [-0.4, -0.2) is 34.5 Å². The molecular weight excluding hydrogens is 370 g/mol. The fourth-order valence-corrected chi connectivity index (χ4v) is 2.68. The lowest BCUT2D eigenvalue weighted by Crippen LogP contribution is -2.24. The van der Waals surface area contributed by atoms with Crippen LogP contribution < -0.4 is 14.8 Å². The smallest absolute Gasteiger partial charge is 0.268 e. The van der Waals surface area contributed by atoms with E-state index in [1.807, 2.05) is 36.4 Å². The number of aromatic nitrogens is 2. The van der Waals surface area contributed by atoms with Crippen LogP contribution in [0.4, 0.5) is 0 Å². The van der Waals surface area contributed by atoms with Gasteiger partial charge in [-0.1, -0.05) is 24.3 Å². The molecule has 2 heterocycles. The minimum Gasteiger partial charge on any atom is -0.490 e. The van der Waals surface area contributed by atoms with E-state index in [2.05, 4.69) is 10.3 Å². The maximum Gasteiger partial charge on any atom is 0.268 e. The Morgan fingerprint density at radius 3 is 2.48 bits per heavy atom. The predicted molar refractivity (Wildman–Crippen MR) is 108 cm³/mol. The molecule has 0 saturated heterocycles. The van der Waals surface area contributed by atoms with Gasteiger partial charge in [0.15, 0.2) is 5.78 Å².